The number of aromatic amines is 2. The van der Waals surface area contributed by atoms with E-state index in [9.17, 15) is 9.59 Å². The summed E-state index contributed by atoms with van der Waals surface area (Å²) in [6.07, 6.45) is 9.28. The number of nitrogens with one attached hydrogen (secondary N) is 2. The van der Waals surface area contributed by atoms with Gasteiger partial charge in [0.1, 0.15) is 0 Å². The zero-order valence-corrected chi connectivity index (χ0v) is 16.0. The van der Waals surface area contributed by atoms with E-state index < -0.39 is 5.97 Å². The van der Waals surface area contributed by atoms with Gasteiger partial charge in [-0.15, -0.1) is 0 Å². The number of likely N-dealkylation sites (tertiary alicyclic amines) is 1. The van der Waals surface area contributed by atoms with Crippen molar-refractivity contribution >= 4 is 11.9 Å². The normalized spacial score (nSPS) is 19.1. The van der Waals surface area contributed by atoms with Crippen LogP contribution in [0.4, 0.5) is 0 Å². The van der Waals surface area contributed by atoms with Gasteiger partial charge in [0.25, 0.3) is 5.91 Å². The van der Waals surface area contributed by atoms with Crippen molar-refractivity contribution in [3.63, 3.8) is 0 Å². The summed E-state index contributed by atoms with van der Waals surface area (Å²) in [5.41, 5.74) is 3.26. The Bertz CT molecular complexity index is 829. The predicted molar refractivity (Wildman–Crippen MR) is 102 cm³/mol. The second-order valence-corrected chi connectivity index (χ2v) is 7.99. The van der Waals surface area contributed by atoms with Crippen LogP contribution in [0.1, 0.15) is 84.2 Å². The molecule has 1 saturated heterocycles. The smallest absolute Gasteiger partial charge is 0.309 e. The average molecular weight is 385 g/mol. The molecular weight excluding hydrogens is 358 g/mol. The number of aliphatic carboxylic acids is 1. The van der Waals surface area contributed by atoms with E-state index in [0.717, 1.165) is 42.6 Å². The average Bonchev–Trinajstić information content (AvgIpc) is 3.37. The van der Waals surface area contributed by atoms with Gasteiger partial charge in [-0.1, -0.05) is 19.3 Å². The summed E-state index contributed by atoms with van der Waals surface area (Å²) in [5, 5.41) is 23.2. The van der Waals surface area contributed by atoms with Crippen molar-refractivity contribution in [2.75, 3.05) is 13.1 Å². The molecule has 1 amide bonds. The van der Waals surface area contributed by atoms with E-state index in [1.54, 1.807) is 6.20 Å². The van der Waals surface area contributed by atoms with Gasteiger partial charge < -0.3 is 10.0 Å². The lowest BCUT2D eigenvalue weighted by atomic mass is 9.85. The molecule has 2 fully saturated rings. The number of carboxylic acids is 1. The number of carboxylic acid groups (broad SMARTS) is 1. The van der Waals surface area contributed by atoms with E-state index in [1.165, 1.54) is 19.3 Å². The van der Waals surface area contributed by atoms with Crippen LogP contribution in [0.3, 0.4) is 0 Å². The van der Waals surface area contributed by atoms with Crippen LogP contribution in [0.5, 0.6) is 0 Å². The fourth-order valence-electron chi connectivity index (χ4n) is 4.56. The first-order valence-corrected chi connectivity index (χ1v) is 10.2. The summed E-state index contributed by atoms with van der Waals surface area (Å²) < 4.78 is 0. The fourth-order valence-corrected chi connectivity index (χ4v) is 4.56. The summed E-state index contributed by atoms with van der Waals surface area (Å²) in [6.45, 7) is 1.36. The number of rotatable bonds is 5. The molecule has 1 aliphatic heterocycles. The standard InChI is InChI=1S/C20H27N5O3/c26-18(27)11-15-10-17(23-22-15)13-6-8-25(9-7-13)20(28)16-12-21-24-19(16)14-4-2-1-3-5-14/h10,12-14H,1-9,11H2,(H,21,24)(H,22,23)(H,26,27). The maximum Gasteiger partial charge on any atom is 0.309 e. The molecule has 0 atom stereocenters. The molecule has 28 heavy (non-hydrogen) atoms. The van der Waals surface area contributed by atoms with Crippen molar-refractivity contribution in [2.45, 2.75) is 63.2 Å². The summed E-state index contributed by atoms with van der Waals surface area (Å²) >= 11 is 0. The van der Waals surface area contributed by atoms with Gasteiger partial charge in [-0.2, -0.15) is 10.2 Å². The molecule has 4 rings (SSSR count). The zero-order chi connectivity index (χ0) is 19.5. The molecule has 8 nitrogen and oxygen atoms in total. The zero-order valence-electron chi connectivity index (χ0n) is 16.0. The number of carbonyl (C=O) groups excluding carboxylic acids is 1. The van der Waals surface area contributed by atoms with Crippen LogP contribution in [0.15, 0.2) is 12.3 Å². The second kappa shape index (κ2) is 8.16. The summed E-state index contributed by atoms with van der Waals surface area (Å²) in [5.74, 6) is -0.125. The highest BCUT2D eigenvalue weighted by Gasteiger charge is 2.30. The fraction of sp³-hybridized carbons (Fsp3) is 0.600. The summed E-state index contributed by atoms with van der Waals surface area (Å²) in [6, 6.07) is 1.84. The van der Waals surface area contributed by atoms with Crippen LogP contribution in [-0.2, 0) is 11.2 Å². The molecule has 3 N–H and O–H groups in total. The SMILES string of the molecule is O=C(O)Cc1cc(C2CCN(C(=O)c3cn[nH]c3C3CCCCC3)CC2)n[nH]1. The van der Waals surface area contributed by atoms with Crippen LogP contribution in [0.2, 0.25) is 0 Å². The van der Waals surface area contributed by atoms with Gasteiger partial charge in [-0.3, -0.25) is 19.8 Å². The number of H-pyrrole nitrogens is 2. The van der Waals surface area contributed by atoms with Crippen molar-refractivity contribution in [3.05, 3.63) is 34.9 Å². The van der Waals surface area contributed by atoms with Crippen LogP contribution < -0.4 is 0 Å². The van der Waals surface area contributed by atoms with Crippen molar-refractivity contribution in [1.29, 1.82) is 0 Å². The molecule has 1 aliphatic carbocycles. The largest absolute Gasteiger partial charge is 0.481 e. The Balaban J connectivity index is 1.37. The molecule has 1 saturated carbocycles. The Kier molecular flexibility index (Phi) is 5.45. The number of hydrogen-bond acceptors (Lipinski definition) is 4. The van der Waals surface area contributed by atoms with Gasteiger partial charge in [-0.25, -0.2) is 0 Å². The molecule has 2 aromatic heterocycles. The summed E-state index contributed by atoms with van der Waals surface area (Å²) in [7, 11) is 0. The van der Waals surface area contributed by atoms with Crippen molar-refractivity contribution in [3.8, 4) is 0 Å². The monoisotopic (exact) mass is 385 g/mol. The number of nitrogens with zero attached hydrogens (tertiary/aromatic N) is 3. The predicted octanol–water partition coefficient (Wildman–Crippen LogP) is 2.83. The highest BCUT2D eigenvalue weighted by Crippen LogP contribution is 2.34. The minimum absolute atomic E-state index is 0.0469. The van der Waals surface area contributed by atoms with Crippen molar-refractivity contribution < 1.29 is 14.7 Å². The van der Waals surface area contributed by atoms with Crippen LogP contribution in [0.25, 0.3) is 0 Å². The molecule has 2 aliphatic rings. The quantitative estimate of drug-likeness (QED) is 0.732. The molecule has 150 valence electrons. The van der Waals surface area contributed by atoms with E-state index in [4.69, 9.17) is 5.11 Å². The van der Waals surface area contributed by atoms with E-state index >= 15 is 0 Å². The van der Waals surface area contributed by atoms with Crippen molar-refractivity contribution in [2.24, 2.45) is 0 Å². The highest BCUT2D eigenvalue weighted by molar-refractivity contribution is 5.95. The second-order valence-electron chi connectivity index (χ2n) is 7.99. The van der Waals surface area contributed by atoms with Crippen LogP contribution in [-0.4, -0.2) is 55.4 Å². The van der Waals surface area contributed by atoms with E-state index in [0.29, 0.717) is 24.7 Å². The Morgan fingerprint density at radius 1 is 1.07 bits per heavy atom. The molecule has 0 spiro atoms. The van der Waals surface area contributed by atoms with E-state index in [1.807, 2.05) is 11.0 Å². The first-order valence-electron chi connectivity index (χ1n) is 10.2. The molecule has 0 bridgehead atoms. The number of hydrogen-bond donors (Lipinski definition) is 3. The van der Waals surface area contributed by atoms with Gasteiger partial charge >= 0.3 is 5.97 Å². The molecular formula is C20H27N5O3. The van der Waals surface area contributed by atoms with Gasteiger partial charge in [0.2, 0.25) is 0 Å². The van der Waals surface area contributed by atoms with Gasteiger partial charge in [0.05, 0.1) is 29.6 Å². The van der Waals surface area contributed by atoms with Crippen molar-refractivity contribution in [1.82, 2.24) is 25.3 Å². The lowest BCUT2D eigenvalue weighted by Crippen LogP contribution is -2.38. The lowest BCUT2D eigenvalue weighted by Gasteiger charge is -2.31. The maximum absolute atomic E-state index is 13.1. The third-order valence-electron chi connectivity index (χ3n) is 6.11. The molecule has 2 aromatic rings. The Labute approximate surface area is 163 Å². The maximum atomic E-state index is 13.1. The minimum atomic E-state index is -0.871. The Morgan fingerprint density at radius 2 is 1.82 bits per heavy atom. The van der Waals surface area contributed by atoms with E-state index in [-0.39, 0.29) is 18.2 Å². The Morgan fingerprint density at radius 3 is 2.54 bits per heavy atom. The molecule has 0 aromatic carbocycles. The number of aromatic nitrogens is 4. The minimum Gasteiger partial charge on any atom is -0.481 e. The molecule has 0 radical (unpaired) electrons. The third kappa shape index (κ3) is 3.95. The van der Waals surface area contributed by atoms with Gasteiger partial charge in [-0.05, 0) is 31.7 Å². The number of amides is 1. The first kappa shape index (κ1) is 18.7. The molecule has 3 heterocycles. The molecule has 8 heteroatoms. The number of piperidine rings is 1. The first-order chi connectivity index (χ1) is 13.6. The molecule has 0 unspecified atom stereocenters. The lowest BCUT2D eigenvalue weighted by molar-refractivity contribution is -0.136. The Hall–Kier alpha value is -2.64. The number of carbonyl (C=O) groups is 2. The highest BCUT2D eigenvalue weighted by atomic mass is 16.4. The van der Waals surface area contributed by atoms with E-state index in [2.05, 4.69) is 20.4 Å². The van der Waals surface area contributed by atoms with Crippen LogP contribution in [0, 0.1) is 0 Å². The topological polar surface area (TPSA) is 115 Å². The van der Waals surface area contributed by atoms with Gasteiger partial charge in [0.15, 0.2) is 0 Å². The summed E-state index contributed by atoms with van der Waals surface area (Å²) in [4.78, 5) is 25.8. The van der Waals surface area contributed by atoms with Crippen LogP contribution >= 0.6 is 0 Å². The third-order valence-corrected chi connectivity index (χ3v) is 6.11. The van der Waals surface area contributed by atoms with Gasteiger partial charge in [0, 0.05) is 30.6 Å².